The first-order valence-electron chi connectivity index (χ1n) is 5.83. The van der Waals surface area contributed by atoms with Crippen molar-refractivity contribution in [3.8, 4) is 0 Å². The maximum atomic E-state index is 9.32. The van der Waals surface area contributed by atoms with E-state index in [0.29, 0.717) is 6.04 Å². The van der Waals surface area contributed by atoms with Gasteiger partial charge in [-0.2, -0.15) is 0 Å². The molecule has 1 aliphatic carbocycles. The van der Waals surface area contributed by atoms with E-state index in [-0.39, 0.29) is 6.10 Å². The summed E-state index contributed by atoms with van der Waals surface area (Å²) in [6, 6.07) is 1.56. The van der Waals surface area contributed by atoms with Crippen LogP contribution in [0.3, 0.4) is 0 Å². The first-order valence-corrected chi connectivity index (χ1v) is 5.83. The number of hydrogen-bond acceptors (Lipinski definition) is 3. The number of rotatable bonds is 3. The minimum absolute atomic E-state index is 0.185. The summed E-state index contributed by atoms with van der Waals surface area (Å²) in [7, 11) is 0. The van der Waals surface area contributed by atoms with Crippen LogP contribution in [-0.4, -0.2) is 59.3 Å². The van der Waals surface area contributed by atoms with E-state index in [9.17, 15) is 5.11 Å². The third kappa shape index (κ3) is 2.47. The monoisotopic (exact) mass is 198 g/mol. The Morgan fingerprint density at radius 1 is 1.36 bits per heavy atom. The lowest BCUT2D eigenvalue weighted by Gasteiger charge is -2.40. The molecule has 0 aromatic carbocycles. The molecule has 1 saturated carbocycles. The summed E-state index contributed by atoms with van der Waals surface area (Å²) in [5.74, 6) is 0. The number of nitrogens with zero attached hydrogens (tertiary/aromatic N) is 2. The zero-order chi connectivity index (χ0) is 10.1. The summed E-state index contributed by atoms with van der Waals surface area (Å²) in [6.45, 7) is 8.47. The molecule has 0 aromatic rings. The molecule has 2 fully saturated rings. The van der Waals surface area contributed by atoms with E-state index >= 15 is 0 Å². The lowest BCUT2D eigenvalue weighted by Crippen LogP contribution is -2.53. The van der Waals surface area contributed by atoms with Crippen LogP contribution in [0.4, 0.5) is 0 Å². The second kappa shape index (κ2) is 4.17. The van der Waals surface area contributed by atoms with Crippen molar-refractivity contribution in [3.05, 3.63) is 0 Å². The van der Waals surface area contributed by atoms with Crippen molar-refractivity contribution in [1.82, 2.24) is 9.80 Å². The van der Waals surface area contributed by atoms with E-state index in [1.807, 2.05) is 6.92 Å². The minimum Gasteiger partial charge on any atom is -0.392 e. The van der Waals surface area contributed by atoms with Crippen LogP contribution in [-0.2, 0) is 0 Å². The summed E-state index contributed by atoms with van der Waals surface area (Å²) >= 11 is 0. The van der Waals surface area contributed by atoms with Crippen LogP contribution in [0.15, 0.2) is 0 Å². The normalized spacial score (nSPS) is 33.2. The van der Waals surface area contributed by atoms with E-state index in [1.54, 1.807) is 0 Å². The van der Waals surface area contributed by atoms with Gasteiger partial charge in [0.15, 0.2) is 0 Å². The summed E-state index contributed by atoms with van der Waals surface area (Å²) in [6.07, 6.45) is 2.62. The van der Waals surface area contributed by atoms with Gasteiger partial charge in [-0.1, -0.05) is 0 Å². The van der Waals surface area contributed by atoms with Crippen LogP contribution in [0.5, 0.6) is 0 Å². The number of piperazine rings is 1. The maximum absolute atomic E-state index is 9.32. The van der Waals surface area contributed by atoms with Gasteiger partial charge in [-0.3, -0.25) is 9.80 Å². The highest BCUT2D eigenvalue weighted by Gasteiger charge is 2.35. The highest BCUT2D eigenvalue weighted by atomic mass is 16.3. The van der Waals surface area contributed by atoms with Crippen molar-refractivity contribution in [2.24, 2.45) is 0 Å². The molecule has 82 valence electrons. The van der Waals surface area contributed by atoms with Gasteiger partial charge in [0.25, 0.3) is 0 Å². The van der Waals surface area contributed by atoms with Crippen molar-refractivity contribution in [2.75, 3.05) is 26.2 Å². The van der Waals surface area contributed by atoms with Crippen LogP contribution in [0.25, 0.3) is 0 Å². The maximum Gasteiger partial charge on any atom is 0.0639 e. The molecule has 3 heteroatoms. The Hall–Kier alpha value is -0.120. The lowest BCUT2D eigenvalue weighted by molar-refractivity contribution is 0.0470. The molecule has 1 heterocycles. The number of aliphatic hydroxyl groups excluding tert-OH is 1. The predicted molar refractivity (Wildman–Crippen MR) is 57.3 cm³/mol. The van der Waals surface area contributed by atoms with E-state index in [4.69, 9.17) is 0 Å². The molecular weight excluding hydrogens is 176 g/mol. The summed E-state index contributed by atoms with van der Waals surface area (Å²) in [4.78, 5) is 5.02. The summed E-state index contributed by atoms with van der Waals surface area (Å²) in [5, 5.41) is 9.32. The fourth-order valence-corrected chi connectivity index (χ4v) is 2.54. The van der Waals surface area contributed by atoms with Crippen molar-refractivity contribution < 1.29 is 5.11 Å². The number of aliphatic hydroxyl groups is 1. The molecule has 1 N–H and O–H groups in total. The second-order valence-corrected chi connectivity index (χ2v) is 4.93. The summed E-state index contributed by atoms with van der Waals surface area (Å²) in [5.41, 5.74) is 0. The molecule has 2 unspecified atom stereocenters. The first kappa shape index (κ1) is 10.4. The van der Waals surface area contributed by atoms with Gasteiger partial charge in [-0.25, -0.2) is 0 Å². The van der Waals surface area contributed by atoms with Crippen LogP contribution in [0.2, 0.25) is 0 Å². The molecular formula is C11H22N2O. The molecule has 14 heavy (non-hydrogen) atoms. The van der Waals surface area contributed by atoms with Gasteiger partial charge in [0.2, 0.25) is 0 Å². The summed E-state index contributed by atoms with van der Waals surface area (Å²) < 4.78 is 0. The number of β-amino-alcohol motifs (C(OH)–C–C–N with tert-alkyl or cyclic N) is 1. The van der Waals surface area contributed by atoms with Crippen molar-refractivity contribution in [2.45, 2.75) is 44.9 Å². The lowest BCUT2D eigenvalue weighted by atomic mass is 10.1. The fourth-order valence-electron chi connectivity index (χ4n) is 2.54. The molecule has 0 spiro atoms. The molecule has 2 aliphatic rings. The molecule has 2 atom stereocenters. The van der Waals surface area contributed by atoms with Crippen LogP contribution >= 0.6 is 0 Å². The fraction of sp³-hybridized carbons (Fsp3) is 1.00. The van der Waals surface area contributed by atoms with Gasteiger partial charge in [0.05, 0.1) is 6.10 Å². The van der Waals surface area contributed by atoms with Gasteiger partial charge in [-0.05, 0) is 26.7 Å². The van der Waals surface area contributed by atoms with E-state index in [2.05, 4.69) is 16.7 Å². The third-order valence-corrected chi connectivity index (χ3v) is 3.30. The van der Waals surface area contributed by atoms with Crippen LogP contribution < -0.4 is 0 Å². The Kier molecular flexibility index (Phi) is 3.10. The third-order valence-electron chi connectivity index (χ3n) is 3.30. The number of hydrogen-bond donors (Lipinski definition) is 1. The van der Waals surface area contributed by atoms with E-state index in [1.165, 1.54) is 19.4 Å². The molecule has 1 saturated heterocycles. The Labute approximate surface area is 86.7 Å². The van der Waals surface area contributed by atoms with Crippen molar-refractivity contribution in [1.29, 1.82) is 0 Å². The highest BCUT2D eigenvalue weighted by Crippen LogP contribution is 2.29. The molecule has 0 radical (unpaired) electrons. The van der Waals surface area contributed by atoms with Crippen molar-refractivity contribution >= 4 is 0 Å². The van der Waals surface area contributed by atoms with Gasteiger partial charge in [0.1, 0.15) is 0 Å². The zero-order valence-electron chi connectivity index (χ0n) is 9.32. The van der Waals surface area contributed by atoms with Crippen molar-refractivity contribution in [3.63, 3.8) is 0 Å². The van der Waals surface area contributed by atoms with E-state index in [0.717, 1.165) is 25.7 Å². The van der Waals surface area contributed by atoms with Gasteiger partial charge in [-0.15, -0.1) is 0 Å². The van der Waals surface area contributed by atoms with Crippen LogP contribution in [0.1, 0.15) is 26.7 Å². The average Bonchev–Trinajstić information content (AvgIpc) is 2.86. The Balaban J connectivity index is 1.79. The molecule has 0 amide bonds. The van der Waals surface area contributed by atoms with Gasteiger partial charge >= 0.3 is 0 Å². The highest BCUT2D eigenvalue weighted by molar-refractivity contribution is 4.91. The first-order chi connectivity index (χ1) is 6.66. The topological polar surface area (TPSA) is 26.7 Å². The average molecular weight is 198 g/mol. The Bertz CT molecular complexity index is 192. The predicted octanol–water partition coefficient (Wildman–Crippen LogP) is 0.536. The molecule has 0 bridgehead atoms. The molecule has 0 aromatic heterocycles. The zero-order valence-corrected chi connectivity index (χ0v) is 9.32. The van der Waals surface area contributed by atoms with Gasteiger partial charge in [0, 0.05) is 38.3 Å². The van der Waals surface area contributed by atoms with Crippen LogP contribution in [0, 0.1) is 0 Å². The Morgan fingerprint density at radius 2 is 2.07 bits per heavy atom. The smallest absolute Gasteiger partial charge is 0.0639 e. The minimum atomic E-state index is -0.185. The van der Waals surface area contributed by atoms with Gasteiger partial charge < -0.3 is 5.11 Å². The quantitative estimate of drug-likeness (QED) is 0.717. The standard InChI is InChI=1S/C11H22N2O/c1-9-7-12(8-10(2)14)5-6-13(9)11-3-4-11/h9-11,14H,3-8H2,1-2H3. The second-order valence-electron chi connectivity index (χ2n) is 4.93. The molecule has 3 nitrogen and oxygen atoms in total. The molecule has 2 rings (SSSR count). The SMILES string of the molecule is CC(O)CN1CCN(C2CC2)C(C)C1. The Morgan fingerprint density at radius 3 is 2.57 bits per heavy atom. The van der Waals surface area contributed by atoms with E-state index < -0.39 is 0 Å². The largest absolute Gasteiger partial charge is 0.392 e. The molecule has 1 aliphatic heterocycles.